The summed E-state index contributed by atoms with van der Waals surface area (Å²) in [6, 6.07) is 9.56. The van der Waals surface area contributed by atoms with Crippen LogP contribution >= 0.6 is 0 Å². The molecule has 1 fully saturated rings. The maximum Gasteiger partial charge on any atom is 0.233 e. The van der Waals surface area contributed by atoms with Crippen LogP contribution in [0.3, 0.4) is 0 Å². The molecular formula is C15H21N3O3. The summed E-state index contributed by atoms with van der Waals surface area (Å²) in [7, 11) is 0. The lowest BCUT2D eigenvalue weighted by Crippen LogP contribution is -2.49. The maximum absolute atomic E-state index is 12.6. The van der Waals surface area contributed by atoms with Gasteiger partial charge in [0.15, 0.2) is 5.84 Å². The average molecular weight is 291 g/mol. The number of hydrogen-bond acceptors (Lipinski definition) is 4. The van der Waals surface area contributed by atoms with Gasteiger partial charge in [0.25, 0.3) is 0 Å². The van der Waals surface area contributed by atoms with Crippen LogP contribution < -0.4 is 5.73 Å². The first-order valence-corrected chi connectivity index (χ1v) is 7.03. The van der Waals surface area contributed by atoms with Crippen molar-refractivity contribution in [3.05, 3.63) is 35.9 Å². The Morgan fingerprint density at radius 2 is 2.24 bits per heavy atom. The minimum atomic E-state index is -0.650. The highest BCUT2D eigenvalue weighted by Crippen LogP contribution is 2.15. The number of carbonyl (C=O) groups is 1. The van der Waals surface area contributed by atoms with Crippen LogP contribution in [0, 0.1) is 5.92 Å². The van der Waals surface area contributed by atoms with Gasteiger partial charge in [-0.05, 0) is 18.9 Å². The molecule has 0 aliphatic carbocycles. The van der Waals surface area contributed by atoms with Crippen molar-refractivity contribution >= 4 is 11.7 Å². The predicted molar refractivity (Wildman–Crippen MR) is 79.0 cm³/mol. The molecule has 114 valence electrons. The molecule has 1 aromatic carbocycles. The van der Waals surface area contributed by atoms with E-state index in [0.717, 1.165) is 5.56 Å². The van der Waals surface area contributed by atoms with Gasteiger partial charge in [-0.2, -0.15) is 0 Å². The molecule has 1 heterocycles. The molecule has 6 heteroatoms. The molecule has 21 heavy (non-hydrogen) atoms. The zero-order valence-corrected chi connectivity index (χ0v) is 12.1. The minimum absolute atomic E-state index is 0.00682. The zero-order chi connectivity index (χ0) is 15.2. The molecule has 1 aliphatic rings. The Balaban J connectivity index is 2.14. The van der Waals surface area contributed by atoms with Gasteiger partial charge in [0, 0.05) is 13.1 Å². The van der Waals surface area contributed by atoms with E-state index in [-0.39, 0.29) is 17.8 Å². The first-order valence-electron chi connectivity index (χ1n) is 7.03. The number of morpholine rings is 1. The van der Waals surface area contributed by atoms with Crippen molar-refractivity contribution in [1.29, 1.82) is 0 Å². The summed E-state index contributed by atoms with van der Waals surface area (Å²) < 4.78 is 5.44. The van der Waals surface area contributed by atoms with Gasteiger partial charge in [-0.3, -0.25) is 4.79 Å². The number of oxime groups is 1. The Kier molecular flexibility index (Phi) is 5.16. The molecule has 3 N–H and O–H groups in total. The number of nitrogens with two attached hydrogens (primary N) is 1. The Morgan fingerprint density at radius 3 is 2.86 bits per heavy atom. The zero-order valence-electron chi connectivity index (χ0n) is 12.1. The van der Waals surface area contributed by atoms with Gasteiger partial charge in [0.05, 0.1) is 12.7 Å². The molecule has 0 aromatic heterocycles. The second-order valence-corrected chi connectivity index (χ2v) is 5.23. The fourth-order valence-corrected chi connectivity index (χ4v) is 2.48. The van der Waals surface area contributed by atoms with Crippen molar-refractivity contribution < 1.29 is 14.7 Å². The molecule has 2 atom stereocenters. The van der Waals surface area contributed by atoms with Gasteiger partial charge in [0.1, 0.15) is 5.92 Å². The van der Waals surface area contributed by atoms with E-state index in [0.29, 0.717) is 26.1 Å². The summed E-state index contributed by atoms with van der Waals surface area (Å²) in [5, 5.41) is 12.0. The second-order valence-electron chi connectivity index (χ2n) is 5.23. The van der Waals surface area contributed by atoms with Gasteiger partial charge in [0.2, 0.25) is 5.91 Å². The number of carbonyl (C=O) groups excluding carboxylic acids is 1. The van der Waals surface area contributed by atoms with Crippen LogP contribution in [0.15, 0.2) is 35.5 Å². The standard InChI is InChI=1S/C15H21N3O3/c1-11-10-18(7-8-21-11)15(19)13(14(16)17-20)9-12-5-3-2-4-6-12/h2-6,11,13,20H,7-10H2,1H3,(H2,16,17). The summed E-state index contributed by atoms with van der Waals surface area (Å²) in [5.74, 6) is -0.824. The quantitative estimate of drug-likeness (QED) is 0.372. The number of ether oxygens (including phenoxy) is 1. The lowest BCUT2D eigenvalue weighted by molar-refractivity contribution is -0.140. The maximum atomic E-state index is 12.6. The highest BCUT2D eigenvalue weighted by molar-refractivity contribution is 6.02. The minimum Gasteiger partial charge on any atom is -0.409 e. The van der Waals surface area contributed by atoms with Gasteiger partial charge in [-0.1, -0.05) is 35.5 Å². The average Bonchev–Trinajstić information content (AvgIpc) is 2.52. The molecule has 1 saturated heterocycles. The van der Waals surface area contributed by atoms with Gasteiger partial charge >= 0.3 is 0 Å². The Hall–Kier alpha value is -2.08. The van der Waals surface area contributed by atoms with Crippen LogP contribution in [-0.2, 0) is 16.0 Å². The third-order valence-corrected chi connectivity index (χ3v) is 3.61. The summed E-state index contributed by atoms with van der Waals surface area (Å²) in [4.78, 5) is 14.4. The van der Waals surface area contributed by atoms with E-state index in [1.54, 1.807) is 4.90 Å². The topological polar surface area (TPSA) is 88.2 Å². The lowest BCUT2D eigenvalue weighted by atomic mass is 9.96. The molecule has 0 saturated carbocycles. The van der Waals surface area contributed by atoms with Crippen molar-refractivity contribution in [3.8, 4) is 0 Å². The third-order valence-electron chi connectivity index (χ3n) is 3.61. The highest BCUT2D eigenvalue weighted by Gasteiger charge is 2.30. The Labute approximate surface area is 124 Å². The second kappa shape index (κ2) is 7.08. The third kappa shape index (κ3) is 3.95. The lowest BCUT2D eigenvalue weighted by Gasteiger charge is -2.33. The van der Waals surface area contributed by atoms with Crippen LogP contribution in [0.25, 0.3) is 0 Å². The van der Waals surface area contributed by atoms with E-state index < -0.39 is 5.92 Å². The molecule has 0 radical (unpaired) electrons. The number of amidine groups is 1. The molecule has 1 aliphatic heterocycles. The molecule has 1 aromatic rings. The summed E-state index contributed by atoms with van der Waals surface area (Å²) in [6.45, 7) is 3.51. The normalized spacial score (nSPS) is 21.1. The van der Waals surface area contributed by atoms with E-state index in [1.165, 1.54) is 0 Å². The van der Waals surface area contributed by atoms with Gasteiger partial charge in [-0.15, -0.1) is 0 Å². The molecule has 0 spiro atoms. The predicted octanol–water partition coefficient (Wildman–Crippen LogP) is 0.839. The van der Waals surface area contributed by atoms with Crippen LogP contribution in [-0.4, -0.2) is 47.7 Å². The number of hydrogen-bond donors (Lipinski definition) is 2. The number of amides is 1. The molecule has 2 rings (SSSR count). The molecule has 1 amide bonds. The van der Waals surface area contributed by atoms with Gasteiger partial charge in [-0.25, -0.2) is 0 Å². The van der Waals surface area contributed by atoms with E-state index in [4.69, 9.17) is 15.7 Å². The Morgan fingerprint density at radius 1 is 1.52 bits per heavy atom. The van der Waals surface area contributed by atoms with Crippen molar-refractivity contribution in [2.75, 3.05) is 19.7 Å². The van der Waals surface area contributed by atoms with Crippen molar-refractivity contribution in [1.82, 2.24) is 4.90 Å². The highest BCUT2D eigenvalue weighted by atomic mass is 16.5. The van der Waals surface area contributed by atoms with Crippen molar-refractivity contribution in [2.45, 2.75) is 19.4 Å². The first kappa shape index (κ1) is 15.3. The Bertz CT molecular complexity index is 504. The summed E-state index contributed by atoms with van der Waals surface area (Å²) in [5.41, 5.74) is 6.70. The monoisotopic (exact) mass is 291 g/mol. The van der Waals surface area contributed by atoms with Crippen molar-refractivity contribution in [3.63, 3.8) is 0 Å². The summed E-state index contributed by atoms with van der Waals surface area (Å²) in [6.07, 6.45) is 0.425. The summed E-state index contributed by atoms with van der Waals surface area (Å²) >= 11 is 0. The molecule has 2 unspecified atom stereocenters. The fourth-order valence-electron chi connectivity index (χ4n) is 2.48. The number of benzene rings is 1. The largest absolute Gasteiger partial charge is 0.409 e. The van der Waals surface area contributed by atoms with E-state index in [2.05, 4.69) is 5.16 Å². The van der Waals surface area contributed by atoms with Gasteiger partial charge < -0.3 is 20.6 Å². The van der Waals surface area contributed by atoms with Crippen LogP contribution in [0.1, 0.15) is 12.5 Å². The van der Waals surface area contributed by atoms with E-state index in [9.17, 15) is 4.79 Å². The fraction of sp³-hybridized carbons (Fsp3) is 0.467. The van der Waals surface area contributed by atoms with E-state index >= 15 is 0 Å². The molecule has 0 bridgehead atoms. The smallest absolute Gasteiger partial charge is 0.233 e. The number of nitrogens with zero attached hydrogens (tertiary/aromatic N) is 2. The molecule has 6 nitrogen and oxygen atoms in total. The van der Waals surface area contributed by atoms with Crippen LogP contribution in [0.2, 0.25) is 0 Å². The van der Waals surface area contributed by atoms with Crippen LogP contribution in [0.4, 0.5) is 0 Å². The van der Waals surface area contributed by atoms with E-state index in [1.807, 2.05) is 37.3 Å². The SMILES string of the molecule is CC1CN(C(=O)C(Cc2ccccc2)C(N)=NO)CCO1. The molecular weight excluding hydrogens is 270 g/mol. The van der Waals surface area contributed by atoms with Crippen molar-refractivity contribution in [2.24, 2.45) is 16.8 Å². The van der Waals surface area contributed by atoms with Crippen LogP contribution in [0.5, 0.6) is 0 Å². The number of rotatable bonds is 4. The first-order chi connectivity index (χ1) is 10.1.